The molecule has 74 valence electrons. The fourth-order valence-corrected chi connectivity index (χ4v) is 1.73. The van der Waals surface area contributed by atoms with Crippen molar-refractivity contribution in [3.8, 4) is 0 Å². The van der Waals surface area contributed by atoms with Gasteiger partial charge in [-0.3, -0.25) is 10.4 Å². The van der Waals surface area contributed by atoms with Crippen molar-refractivity contribution in [3.63, 3.8) is 0 Å². The number of nitrogens with zero attached hydrogens (tertiary/aromatic N) is 2. The van der Waals surface area contributed by atoms with Crippen LogP contribution in [0.25, 0.3) is 0 Å². The first-order valence-electron chi connectivity index (χ1n) is 4.73. The molecule has 0 bridgehead atoms. The first kappa shape index (κ1) is 9.46. The van der Waals surface area contributed by atoms with Gasteiger partial charge in [-0.2, -0.15) is 0 Å². The maximum Gasteiger partial charge on any atom is 0.147 e. The van der Waals surface area contributed by atoms with Crippen LogP contribution in [0.4, 0.5) is 0 Å². The molecular weight excluding hydrogens is 198 g/mol. The highest BCUT2D eigenvalue weighted by atomic mass is 35.5. The van der Waals surface area contributed by atoms with E-state index in [-0.39, 0.29) is 0 Å². The van der Waals surface area contributed by atoms with Gasteiger partial charge in [0.2, 0.25) is 0 Å². The summed E-state index contributed by atoms with van der Waals surface area (Å²) in [6.07, 6.45) is 3.94. The predicted molar refractivity (Wildman–Crippen MR) is 56.9 cm³/mol. The molecule has 14 heavy (non-hydrogen) atoms. The van der Waals surface area contributed by atoms with E-state index in [1.165, 1.54) is 12.8 Å². The molecule has 0 unspecified atom stereocenters. The topological polar surface area (TPSA) is 40.0 Å². The zero-order valence-corrected chi connectivity index (χ0v) is 8.59. The van der Waals surface area contributed by atoms with Crippen LogP contribution in [0.15, 0.2) is 18.3 Å². The Bertz CT molecular complexity index is 328. The molecule has 1 aromatic heterocycles. The monoisotopic (exact) mass is 209 g/mol. The van der Waals surface area contributed by atoms with E-state index in [0.29, 0.717) is 16.6 Å². The van der Waals surface area contributed by atoms with Gasteiger partial charge in [0, 0.05) is 19.3 Å². The average molecular weight is 210 g/mol. The first-order chi connectivity index (χ1) is 6.77. The zero-order chi connectivity index (χ0) is 9.97. The Morgan fingerprint density at radius 2 is 2.07 bits per heavy atom. The van der Waals surface area contributed by atoms with Gasteiger partial charge in [0.25, 0.3) is 0 Å². The van der Waals surface area contributed by atoms with Crippen molar-refractivity contribution in [3.05, 3.63) is 29.0 Å². The molecule has 3 nitrogen and oxygen atoms in total. The molecular formula is C10H12ClN3. The van der Waals surface area contributed by atoms with Crippen LogP contribution in [0.2, 0.25) is 5.02 Å². The van der Waals surface area contributed by atoms with Crippen LogP contribution >= 0.6 is 11.6 Å². The molecule has 0 aliphatic carbocycles. The highest BCUT2D eigenvalue weighted by Crippen LogP contribution is 2.12. The minimum atomic E-state index is 0.513. The van der Waals surface area contributed by atoms with Crippen LogP contribution in [-0.2, 0) is 0 Å². The highest BCUT2D eigenvalue weighted by Gasteiger charge is 2.16. The van der Waals surface area contributed by atoms with Crippen LogP contribution < -0.4 is 0 Å². The lowest BCUT2D eigenvalue weighted by molar-refractivity contribution is 0.515. The molecule has 1 fully saturated rings. The van der Waals surface area contributed by atoms with Gasteiger partial charge in [-0.15, -0.1) is 0 Å². The van der Waals surface area contributed by atoms with Crippen LogP contribution in [0.1, 0.15) is 18.5 Å². The number of hydrogen-bond acceptors (Lipinski definition) is 2. The molecule has 1 aliphatic heterocycles. The van der Waals surface area contributed by atoms with Gasteiger partial charge in [-0.05, 0) is 25.0 Å². The van der Waals surface area contributed by atoms with Crippen molar-refractivity contribution in [2.24, 2.45) is 0 Å². The van der Waals surface area contributed by atoms with E-state index >= 15 is 0 Å². The maximum atomic E-state index is 7.92. The molecule has 0 atom stereocenters. The van der Waals surface area contributed by atoms with E-state index in [1.54, 1.807) is 18.3 Å². The van der Waals surface area contributed by atoms with E-state index in [4.69, 9.17) is 17.0 Å². The number of likely N-dealkylation sites (tertiary alicyclic amines) is 1. The number of aromatic nitrogens is 1. The number of amidine groups is 1. The molecule has 2 rings (SSSR count). The van der Waals surface area contributed by atoms with Gasteiger partial charge in [0.1, 0.15) is 11.5 Å². The minimum absolute atomic E-state index is 0.513. The smallest absolute Gasteiger partial charge is 0.147 e. The van der Waals surface area contributed by atoms with E-state index in [0.717, 1.165) is 13.1 Å². The Labute approximate surface area is 88.2 Å². The second-order valence-electron chi connectivity index (χ2n) is 3.40. The summed E-state index contributed by atoms with van der Waals surface area (Å²) in [7, 11) is 0. The Kier molecular flexibility index (Phi) is 2.68. The molecule has 0 saturated carbocycles. The average Bonchev–Trinajstić information content (AvgIpc) is 2.71. The standard InChI is InChI=1S/C10H12ClN3/c11-8-3-4-9(13-7-8)10(12)14-5-1-2-6-14/h3-4,7,12H,1-2,5-6H2. The number of pyridine rings is 1. The van der Waals surface area contributed by atoms with E-state index in [9.17, 15) is 0 Å². The van der Waals surface area contributed by atoms with Gasteiger partial charge >= 0.3 is 0 Å². The summed E-state index contributed by atoms with van der Waals surface area (Å²) >= 11 is 5.73. The number of rotatable bonds is 1. The van der Waals surface area contributed by atoms with Gasteiger partial charge in [-0.1, -0.05) is 11.6 Å². The fourth-order valence-electron chi connectivity index (χ4n) is 1.62. The quantitative estimate of drug-likeness (QED) is 0.569. The second-order valence-corrected chi connectivity index (χ2v) is 3.84. The number of hydrogen-bond donors (Lipinski definition) is 1. The normalized spacial score (nSPS) is 15.9. The second kappa shape index (κ2) is 3.96. The molecule has 0 amide bonds. The Balaban J connectivity index is 2.14. The third-order valence-electron chi connectivity index (χ3n) is 2.39. The van der Waals surface area contributed by atoms with Crippen LogP contribution in [0, 0.1) is 5.41 Å². The molecule has 2 heterocycles. The molecule has 0 spiro atoms. The molecule has 1 saturated heterocycles. The molecule has 1 aromatic rings. The van der Waals surface area contributed by atoms with Crippen molar-refractivity contribution < 1.29 is 0 Å². The fraction of sp³-hybridized carbons (Fsp3) is 0.400. The largest absolute Gasteiger partial charge is 0.355 e. The van der Waals surface area contributed by atoms with E-state index in [2.05, 4.69) is 9.88 Å². The Morgan fingerprint density at radius 1 is 1.36 bits per heavy atom. The molecule has 1 aliphatic rings. The van der Waals surface area contributed by atoms with Gasteiger partial charge in [-0.25, -0.2) is 0 Å². The van der Waals surface area contributed by atoms with Gasteiger partial charge < -0.3 is 4.90 Å². The molecule has 4 heteroatoms. The summed E-state index contributed by atoms with van der Waals surface area (Å²) in [6.45, 7) is 1.95. The van der Waals surface area contributed by atoms with Crippen molar-refractivity contribution in [2.45, 2.75) is 12.8 Å². The maximum absolute atomic E-state index is 7.92. The minimum Gasteiger partial charge on any atom is -0.355 e. The summed E-state index contributed by atoms with van der Waals surface area (Å²) < 4.78 is 0. The Morgan fingerprint density at radius 3 is 2.64 bits per heavy atom. The van der Waals surface area contributed by atoms with Gasteiger partial charge in [0.15, 0.2) is 0 Å². The van der Waals surface area contributed by atoms with Crippen molar-refractivity contribution in [1.29, 1.82) is 5.41 Å². The third kappa shape index (κ3) is 1.87. The molecule has 0 aromatic carbocycles. The molecule has 1 N–H and O–H groups in total. The summed E-state index contributed by atoms with van der Waals surface area (Å²) in [6, 6.07) is 3.57. The van der Waals surface area contributed by atoms with Gasteiger partial charge in [0.05, 0.1) is 5.02 Å². The lowest BCUT2D eigenvalue weighted by Crippen LogP contribution is -2.28. The summed E-state index contributed by atoms with van der Waals surface area (Å²) in [5.74, 6) is 0.513. The van der Waals surface area contributed by atoms with Crippen LogP contribution in [0.3, 0.4) is 0 Å². The van der Waals surface area contributed by atoms with Crippen LogP contribution in [-0.4, -0.2) is 28.8 Å². The lowest BCUT2D eigenvalue weighted by Gasteiger charge is -2.17. The summed E-state index contributed by atoms with van der Waals surface area (Å²) in [5.41, 5.74) is 0.705. The lowest BCUT2D eigenvalue weighted by atomic mass is 10.3. The number of nitrogens with one attached hydrogen (secondary N) is 1. The summed E-state index contributed by atoms with van der Waals surface area (Å²) in [4.78, 5) is 6.18. The predicted octanol–water partition coefficient (Wildman–Crippen LogP) is 2.16. The number of halogens is 1. The van der Waals surface area contributed by atoms with Crippen molar-refractivity contribution >= 4 is 17.4 Å². The van der Waals surface area contributed by atoms with Crippen LogP contribution in [0.5, 0.6) is 0 Å². The SMILES string of the molecule is N=C(c1ccc(Cl)cn1)N1CCCC1. The molecule has 0 radical (unpaired) electrons. The highest BCUT2D eigenvalue weighted by molar-refractivity contribution is 6.30. The zero-order valence-electron chi connectivity index (χ0n) is 7.83. The first-order valence-corrected chi connectivity index (χ1v) is 5.10. The Hall–Kier alpha value is -1.09. The third-order valence-corrected chi connectivity index (χ3v) is 2.62. The summed E-state index contributed by atoms with van der Waals surface area (Å²) in [5, 5.41) is 8.53. The van der Waals surface area contributed by atoms with E-state index < -0.39 is 0 Å². The van der Waals surface area contributed by atoms with Crippen molar-refractivity contribution in [2.75, 3.05) is 13.1 Å². The van der Waals surface area contributed by atoms with E-state index in [1.807, 2.05) is 0 Å². The van der Waals surface area contributed by atoms with Crippen molar-refractivity contribution in [1.82, 2.24) is 9.88 Å².